The predicted molar refractivity (Wildman–Crippen MR) is 87.4 cm³/mol. The standard InChI is InChI=1S/C18H18N2O2/c1-21-15-6-4-5-13(11-15)18-19-16-12-14(7-8-17(16)22-18)20-9-2-3-10-20/h4-8,11-12H,2-3,9-10H2,1H3. The molecule has 0 spiro atoms. The number of anilines is 1. The molecule has 0 atom stereocenters. The first-order chi connectivity index (χ1) is 10.8. The van der Waals surface area contributed by atoms with Crippen molar-refractivity contribution in [1.29, 1.82) is 0 Å². The van der Waals surface area contributed by atoms with Crippen molar-refractivity contribution in [2.24, 2.45) is 0 Å². The third kappa shape index (κ3) is 2.30. The van der Waals surface area contributed by atoms with Crippen molar-refractivity contribution in [3.8, 4) is 17.2 Å². The van der Waals surface area contributed by atoms with Crippen molar-refractivity contribution in [2.75, 3.05) is 25.1 Å². The van der Waals surface area contributed by atoms with Gasteiger partial charge in [-0.05, 0) is 49.2 Å². The molecule has 1 saturated heterocycles. The van der Waals surface area contributed by atoms with Crippen LogP contribution in [0.3, 0.4) is 0 Å². The number of hydrogen-bond acceptors (Lipinski definition) is 4. The molecule has 0 saturated carbocycles. The first-order valence-electron chi connectivity index (χ1n) is 7.63. The lowest BCUT2D eigenvalue weighted by molar-refractivity contribution is 0.415. The maximum absolute atomic E-state index is 5.89. The summed E-state index contributed by atoms with van der Waals surface area (Å²) in [6, 6.07) is 14.0. The molecule has 1 aromatic heterocycles. The number of benzene rings is 2. The summed E-state index contributed by atoms with van der Waals surface area (Å²) < 4.78 is 11.1. The van der Waals surface area contributed by atoms with Crippen LogP contribution < -0.4 is 9.64 Å². The predicted octanol–water partition coefficient (Wildman–Crippen LogP) is 4.10. The SMILES string of the molecule is COc1cccc(-c2nc3cc(N4CCCC4)ccc3o2)c1. The van der Waals surface area contributed by atoms with Crippen LogP contribution in [-0.4, -0.2) is 25.2 Å². The van der Waals surface area contributed by atoms with Gasteiger partial charge in [-0.2, -0.15) is 0 Å². The van der Waals surface area contributed by atoms with Gasteiger partial charge in [0.1, 0.15) is 11.3 Å². The van der Waals surface area contributed by atoms with E-state index in [1.54, 1.807) is 7.11 Å². The molecule has 22 heavy (non-hydrogen) atoms. The average molecular weight is 294 g/mol. The third-order valence-corrected chi connectivity index (χ3v) is 4.16. The minimum absolute atomic E-state index is 0.632. The molecule has 1 aliphatic heterocycles. The van der Waals surface area contributed by atoms with Gasteiger partial charge in [-0.3, -0.25) is 0 Å². The fourth-order valence-corrected chi connectivity index (χ4v) is 2.97. The molecule has 112 valence electrons. The van der Waals surface area contributed by atoms with Crippen LogP contribution in [-0.2, 0) is 0 Å². The fourth-order valence-electron chi connectivity index (χ4n) is 2.97. The Morgan fingerprint density at radius 1 is 1.09 bits per heavy atom. The molecule has 0 aliphatic carbocycles. The Morgan fingerprint density at radius 3 is 2.77 bits per heavy atom. The Hall–Kier alpha value is -2.49. The van der Waals surface area contributed by atoms with Gasteiger partial charge in [-0.1, -0.05) is 6.07 Å². The molecule has 0 bridgehead atoms. The lowest BCUT2D eigenvalue weighted by Gasteiger charge is -2.16. The van der Waals surface area contributed by atoms with E-state index in [1.807, 2.05) is 30.3 Å². The van der Waals surface area contributed by atoms with Gasteiger partial charge in [0.15, 0.2) is 5.58 Å². The molecule has 4 rings (SSSR count). The van der Waals surface area contributed by atoms with E-state index in [2.05, 4.69) is 22.0 Å². The van der Waals surface area contributed by atoms with E-state index in [0.29, 0.717) is 5.89 Å². The van der Waals surface area contributed by atoms with Gasteiger partial charge in [0.25, 0.3) is 0 Å². The highest BCUT2D eigenvalue weighted by atomic mass is 16.5. The zero-order chi connectivity index (χ0) is 14.9. The minimum atomic E-state index is 0.632. The molecule has 4 nitrogen and oxygen atoms in total. The Bertz CT molecular complexity index is 804. The van der Waals surface area contributed by atoms with Gasteiger partial charge >= 0.3 is 0 Å². The highest BCUT2D eigenvalue weighted by Gasteiger charge is 2.15. The number of nitrogens with zero attached hydrogens (tertiary/aromatic N) is 2. The van der Waals surface area contributed by atoms with E-state index in [9.17, 15) is 0 Å². The molecule has 0 unspecified atom stereocenters. The summed E-state index contributed by atoms with van der Waals surface area (Å²) in [5.74, 6) is 1.44. The Kier molecular flexibility index (Phi) is 3.22. The summed E-state index contributed by atoms with van der Waals surface area (Å²) in [5.41, 5.74) is 3.89. The summed E-state index contributed by atoms with van der Waals surface area (Å²) in [6.45, 7) is 2.26. The molecular formula is C18H18N2O2. The van der Waals surface area contributed by atoms with E-state index in [-0.39, 0.29) is 0 Å². The smallest absolute Gasteiger partial charge is 0.227 e. The molecule has 0 N–H and O–H groups in total. The third-order valence-electron chi connectivity index (χ3n) is 4.16. The van der Waals surface area contributed by atoms with E-state index >= 15 is 0 Å². The molecule has 1 fully saturated rings. The lowest BCUT2D eigenvalue weighted by atomic mass is 10.2. The maximum atomic E-state index is 5.89. The van der Waals surface area contributed by atoms with Crippen LogP contribution in [0.25, 0.3) is 22.6 Å². The number of methoxy groups -OCH3 is 1. The number of rotatable bonds is 3. The summed E-state index contributed by atoms with van der Waals surface area (Å²) in [6.07, 6.45) is 2.54. The molecule has 2 aromatic carbocycles. The van der Waals surface area contributed by atoms with Crippen LogP contribution >= 0.6 is 0 Å². The van der Waals surface area contributed by atoms with Gasteiger partial charge in [0.2, 0.25) is 5.89 Å². The highest BCUT2D eigenvalue weighted by molar-refractivity contribution is 5.80. The summed E-state index contributed by atoms with van der Waals surface area (Å²) in [5, 5.41) is 0. The molecule has 2 heterocycles. The quantitative estimate of drug-likeness (QED) is 0.729. The maximum Gasteiger partial charge on any atom is 0.227 e. The molecule has 0 amide bonds. The van der Waals surface area contributed by atoms with Gasteiger partial charge in [0.05, 0.1) is 7.11 Å². The van der Waals surface area contributed by atoms with Gasteiger partial charge < -0.3 is 14.1 Å². The number of aromatic nitrogens is 1. The van der Waals surface area contributed by atoms with Crippen molar-refractivity contribution in [3.05, 3.63) is 42.5 Å². The molecule has 1 aliphatic rings. The second kappa shape index (κ2) is 5.37. The number of hydrogen-bond donors (Lipinski definition) is 0. The topological polar surface area (TPSA) is 38.5 Å². The van der Waals surface area contributed by atoms with Crippen LogP contribution in [0.15, 0.2) is 46.9 Å². The number of oxazole rings is 1. The monoisotopic (exact) mass is 294 g/mol. The second-order valence-corrected chi connectivity index (χ2v) is 5.60. The molecule has 4 heteroatoms. The normalized spacial score (nSPS) is 14.7. The summed E-state index contributed by atoms with van der Waals surface area (Å²) in [4.78, 5) is 7.04. The van der Waals surface area contributed by atoms with E-state index in [4.69, 9.17) is 9.15 Å². The largest absolute Gasteiger partial charge is 0.497 e. The van der Waals surface area contributed by atoms with Crippen molar-refractivity contribution in [1.82, 2.24) is 4.98 Å². The van der Waals surface area contributed by atoms with Crippen LogP contribution in [0.1, 0.15) is 12.8 Å². The van der Waals surface area contributed by atoms with Gasteiger partial charge in [0, 0.05) is 24.3 Å². The zero-order valence-corrected chi connectivity index (χ0v) is 12.6. The second-order valence-electron chi connectivity index (χ2n) is 5.60. The van der Waals surface area contributed by atoms with E-state index < -0.39 is 0 Å². The molecular weight excluding hydrogens is 276 g/mol. The highest BCUT2D eigenvalue weighted by Crippen LogP contribution is 2.30. The summed E-state index contributed by atoms with van der Waals surface area (Å²) >= 11 is 0. The van der Waals surface area contributed by atoms with E-state index in [1.165, 1.54) is 18.5 Å². The molecule has 0 radical (unpaired) electrons. The first-order valence-corrected chi connectivity index (χ1v) is 7.63. The number of ether oxygens (including phenoxy) is 1. The Labute approximate surface area is 129 Å². The van der Waals surface area contributed by atoms with Crippen LogP contribution in [0.2, 0.25) is 0 Å². The van der Waals surface area contributed by atoms with Crippen molar-refractivity contribution in [3.63, 3.8) is 0 Å². The minimum Gasteiger partial charge on any atom is -0.497 e. The van der Waals surface area contributed by atoms with Gasteiger partial charge in [-0.15, -0.1) is 0 Å². The van der Waals surface area contributed by atoms with E-state index in [0.717, 1.165) is 35.5 Å². The van der Waals surface area contributed by atoms with Crippen LogP contribution in [0.4, 0.5) is 5.69 Å². The van der Waals surface area contributed by atoms with Crippen molar-refractivity contribution < 1.29 is 9.15 Å². The van der Waals surface area contributed by atoms with Crippen molar-refractivity contribution in [2.45, 2.75) is 12.8 Å². The Balaban J connectivity index is 1.73. The Morgan fingerprint density at radius 2 is 1.95 bits per heavy atom. The first kappa shape index (κ1) is 13.2. The fraction of sp³-hybridized carbons (Fsp3) is 0.278. The average Bonchev–Trinajstić information content (AvgIpc) is 3.23. The van der Waals surface area contributed by atoms with Crippen LogP contribution in [0.5, 0.6) is 5.75 Å². The lowest BCUT2D eigenvalue weighted by Crippen LogP contribution is -2.17. The van der Waals surface area contributed by atoms with Crippen molar-refractivity contribution >= 4 is 16.8 Å². The zero-order valence-electron chi connectivity index (χ0n) is 12.6. The molecule has 3 aromatic rings. The number of fused-ring (bicyclic) bond motifs is 1. The van der Waals surface area contributed by atoms with Gasteiger partial charge in [-0.25, -0.2) is 4.98 Å². The summed E-state index contributed by atoms with van der Waals surface area (Å²) in [7, 11) is 1.66. The van der Waals surface area contributed by atoms with Crippen LogP contribution in [0, 0.1) is 0 Å².